The van der Waals surface area contributed by atoms with Crippen LogP contribution in [0, 0.1) is 0 Å². The maximum Gasteiger partial charge on any atom is 0.418 e. The standard InChI is InChI=1S/C12H15F3N2O/c1-18-9-4-5-17(7-9)11-3-2-8(16)6-10(11)12(13,14)15/h2-3,6,9H,4-5,7,16H2,1H3. The van der Waals surface area contributed by atoms with Gasteiger partial charge in [-0.2, -0.15) is 13.2 Å². The molecule has 3 nitrogen and oxygen atoms in total. The SMILES string of the molecule is COC1CCN(c2ccc(N)cc2C(F)(F)F)C1. The molecule has 1 heterocycles. The number of alkyl halides is 3. The number of ether oxygens (including phenoxy) is 1. The summed E-state index contributed by atoms with van der Waals surface area (Å²) < 4.78 is 44.0. The van der Waals surface area contributed by atoms with Crippen LogP contribution >= 0.6 is 0 Å². The van der Waals surface area contributed by atoms with Gasteiger partial charge in [0.25, 0.3) is 0 Å². The van der Waals surface area contributed by atoms with Gasteiger partial charge in [0.15, 0.2) is 0 Å². The van der Waals surface area contributed by atoms with E-state index in [0.717, 1.165) is 12.5 Å². The molecule has 1 aromatic rings. The molecule has 1 aromatic carbocycles. The lowest BCUT2D eigenvalue weighted by molar-refractivity contribution is -0.137. The van der Waals surface area contributed by atoms with Crippen molar-refractivity contribution in [3.8, 4) is 0 Å². The third-order valence-corrected chi connectivity index (χ3v) is 3.15. The topological polar surface area (TPSA) is 38.5 Å². The van der Waals surface area contributed by atoms with Gasteiger partial charge in [0.2, 0.25) is 0 Å². The Bertz CT molecular complexity index is 434. The number of nitrogens with zero attached hydrogens (tertiary/aromatic N) is 1. The van der Waals surface area contributed by atoms with Gasteiger partial charge in [0, 0.05) is 31.6 Å². The van der Waals surface area contributed by atoms with Crippen molar-refractivity contribution in [3.63, 3.8) is 0 Å². The largest absolute Gasteiger partial charge is 0.418 e. The second-order valence-corrected chi connectivity index (χ2v) is 4.37. The van der Waals surface area contributed by atoms with Crippen LogP contribution in [0.1, 0.15) is 12.0 Å². The molecule has 0 spiro atoms. The van der Waals surface area contributed by atoms with Gasteiger partial charge in [-0.05, 0) is 24.6 Å². The summed E-state index contributed by atoms with van der Waals surface area (Å²) in [6.07, 6.45) is -3.67. The highest BCUT2D eigenvalue weighted by Crippen LogP contribution is 2.38. The number of hydrogen-bond acceptors (Lipinski definition) is 3. The van der Waals surface area contributed by atoms with Crippen molar-refractivity contribution in [2.75, 3.05) is 30.8 Å². The van der Waals surface area contributed by atoms with Gasteiger partial charge in [0.1, 0.15) is 0 Å². The molecule has 1 aliphatic heterocycles. The fraction of sp³-hybridized carbons (Fsp3) is 0.500. The number of halogens is 3. The van der Waals surface area contributed by atoms with Crippen LogP contribution < -0.4 is 10.6 Å². The van der Waals surface area contributed by atoms with Gasteiger partial charge in [-0.15, -0.1) is 0 Å². The Morgan fingerprint density at radius 2 is 2.11 bits per heavy atom. The highest BCUT2D eigenvalue weighted by atomic mass is 19.4. The molecule has 0 aromatic heterocycles. The first-order valence-electron chi connectivity index (χ1n) is 5.66. The number of methoxy groups -OCH3 is 1. The Hall–Kier alpha value is -1.43. The first kappa shape index (κ1) is 13.0. The highest BCUT2D eigenvalue weighted by Gasteiger charge is 2.36. The number of hydrogen-bond donors (Lipinski definition) is 1. The summed E-state index contributed by atoms with van der Waals surface area (Å²) in [4.78, 5) is 1.69. The zero-order valence-corrected chi connectivity index (χ0v) is 10.00. The van der Waals surface area contributed by atoms with Gasteiger partial charge in [-0.25, -0.2) is 0 Å². The van der Waals surface area contributed by atoms with Crippen molar-refractivity contribution in [1.82, 2.24) is 0 Å². The lowest BCUT2D eigenvalue weighted by Gasteiger charge is -2.23. The Kier molecular flexibility index (Phi) is 3.38. The molecule has 1 saturated heterocycles. The van der Waals surface area contributed by atoms with E-state index in [1.165, 1.54) is 12.1 Å². The summed E-state index contributed by atoms with van der Waals surface area (Å²) in [5.74, 6) is 0. The first-order valence-corrected chi connectivity index (χ1v) is 5.66. The summed E-state index contributed by atoms with van der Waals surface area (Å²) in [7, 11) is 1.57. The van der Waals surface area contributed by atoms with E-state index in [9.17, 15) is 13.2 Å². The molecule has 2 rings (SSSR count). The first-order chi connectivity index (χ1) is 8.41. The lowest BCUT2D eigenvalue weighted by atomic mass is 10.1. The van der Waals surface area contributed by atoms with Gasteiger partial charge in [-0.3, -0.25) is 0 Å². The molecule has 6 heteroatoms. The molecule has 0 saturated carbocycles. The normalized spacial score (nSPS) is 20.4. The van der Waals surface area contributed by atoms with Crippen molar-refractivity contribution in [2.45, 2.75) is 18.7 Å². The van der Waals surface area contributed by atoms with Crippen LogP contribution in [0.4, 0.5) is 24.5 Å². The van der Waals surface area contributed by atoms with Gasteiger partial charge in [-0.1, -0.05) is 0 Å². The Labute approximate surface area is 103 Å². The molecular weight excluding hydrogens is 245 g/mol. The zero-order chi connectivity index (χ0) is 13.3. The fourth-order valence-corrected chi connectivity index (χ4v) is 2.20. The predicted octanol–water partition coefficient (Wildman–Crippen LogP) is 2.51. The van der Waals surface area contributed by atoms with Gasteiger partial charge < -0.3 is 15.4 Å². The van der Waals surface area contributed by atoms with Crippen LogP contribution in [0.5, 0.6) is 0 Å². The number of nitrogens with two attached hydrogens (primary N) is 1. The van der Waals surface area contributed by atoms with Gasteiger partial charge in [0.05, 0.1) is 11.7 Å². The summed E-state index contributed by atoms with van der Waals surface area (Å²) in [6.45, 7) is 1.04. The van der Waals surface area contributed by atoms with E-state index in [4.69, 9.17) is 10.5 Å². The number of benzene rings is 1. The molecule has 2 N–H and O–H groups in total. The third-order valence-electron chi connectivity index (χ3n) is 3.15. The van der Waals surface area contributed by atoms with E-state index >= 15 is 0 Å². The van der Waals surface area contributed by atoms with Crippen LogP contribution in [0.15, 0.2) is 18.2 Å². The molecular formula is C12H15F3N2O. The second kappa shape index (κ2) is 4.68. The number of anilines is 2. The van der Waals surface area contributed by atoms with Crippen LogP contribution in [0.2, 0.25) is 0 Å². The van der Waals surface area contributed by atoms with Crippen LogP contribution in [0.25, 0.3) is 0 Å². The van der Waals surface area contributed by atoms with E-state index in [1.54, 1.807) is 12.0 Å². The second-order valence-electron chi connectivity index (χ2n) is 4.37. The molecule has 18 heavy (non-hydrogen) atoms. The minimum atomic E-state index is -4.39. The summed E-state index contributed by atoms with van der Waals surface area (Å²) in [5, 5.41) is 0. The molecule has 1 unspecified atom stereocenters. The molecule has 1 atom stereocenters. The maximum absolute atomic E-state index is 12.9. The van der Waals surface area contributed by atoms with Crippen molar-refractivity contribution >= 4 is 11.4 Å². The van der Waals surface area contributed by atoms with Crippen LogP contribution in [-0.4, -0.2) is 26.3 Å². The average Bonchev–Trinajstić information content (AvgIpc) is 2.76. The van der Waals surface area contributed by atoms with E-state index < -0.39 is 11.7 Å². The fourth-order valence-electron chi connectivity index (χ4n) is 2.20. The van der Waals surface area contributed by atoms with E-state index in [-0.39, 0.29) is 17.5 Å². The molecule has 1 fully saturated rings. The van der Waals surface area contributed by atoms with Crippen molar-refractivity contribution in [2.24, 2.45) is 0 Å². The summed E-state index contributed by atoms with van der Waals surface area (Å²) in [5.41, 5.74) is 5.05. The van der Waals surface area contributed by atoms with Gasteiger partial charge >= 0.3 is 6.18 Å². The Morgan fingerprint density at radius 1 is 1.39 bits per heavy atom. The molecule has 0 amide bonds. The third kappa shape index (κ3) is 2.53. The maximum atomic E-state index is 12.9. The zero-order valence-electron chi connectivity index (χ0n) is 10.00. The lowest BCUT2D eigenvalue weighted by Crippen LogP contribution is -2.25. The van der Waals surface area contributed by atoms with Crippen molar-refractivity contribution in [3.05, 3.63) is 23.8 Å². The minimum absolute atomic E-state index is 0.0105. The average molecular weight is 260 g/mol. The van der Waals surface area contributed by atoms with E-state index in [1.807, 2.05) is 0 Å². The van der Waals surface area contributed by atoms with Crippen molar-refractivity contribution in [1.29, 1.82) is 0 Å². The van der Waals surface area contributed by atoms with Crippen LogP contribution in [0.3, 0.4) is 0 Å². The van der Waals surface area contributed by atoms with E-state index in [2.05, 4.69) is 0 Å². The summed E-state index contributed by atoms with van der Waals surface area (Å²) >= 11 is 0. The molecule has 0 radical (unpaired) electrons. The number of rotatable bonds is 2. The summed E-state index contributed by atoms with van der Waals surface area (Å²) in [6, 6.07) is 3.90. The quantitative estimate of drug-likeness (QED) is 0.830. The molecule has 100 valence electrons. The monoisotopic (exact) mass is 260 g/mol. The molecule has 0 bridgehead atoms. The Morgan fingerprint density at radius 3 is 2.67 bits per heavy atom. The van der Waals surface area contributed by atoms with Crippen LogP contribution in [-0.2, 0) is 10.9 Å². The smallest absolute Gasteiger partial charge is 0.399 e. The molecule has 0 aliphatic carbocycles. The highest BCUT2D eigenvalue weighted by molar-refractivity contribution is 5.61. The Balaban J connectivity index is 2.33. The predicted molar refractivity (Wildman–Crippen MR) is 63.5 cm³/mol. The minimum Gasteiger partial charge on any atom is -0.399 e. The van der Waals surface area contributed by atoms with E-state index in [0.29, 0.717) is 13.1 Å². The number of nitrogen functional groups attached to an aromatic ring is 1. The molecule has 1 aliphatic rings. The van der Waals surface area contributed by atoms with Crippen molar-refractivity contribution < 1.29 is 17.9 Å².